The van der Waals surface area contributed by atoms with Crippen molar-refractivity contribution in [1.29, 1.82) is 0 Å². The number of aromatic amines is 1. The molecule has 1 N–H and O–H groups in total. The Morgan fingerprint density at radius 3 is 3.00 bits per heavy atom. The Hall–Kier alpha value is -2.50. The first kappa shape index (κ1) is 14.8. The summed E-state index contributed by atoms with van der Waals surface area (Å²) in [4.78, 5) is 16.5. The fourth-order valence-corrected chi connectivity index (χ4v) is 4.14. The number of rotatable bonds is 3. The highest BCUT2D eigenvalue weighted by Gasteiger charge is 2.19. The Balaban J connectivity index is 1.38. The van der Waals surface area contributed by atoms with E-state index in [0.717, 1.165) is 36.8 Å². The number of hydrogen-bond acceptors (Lipinski definition) is 4. The number of benzene rings is 1. The number of fused-ring (bicyclic) bond motifs is 2. The minimum absolute atomic E-state index is 0.848. The van der Waals surface area contributed by atoms with Crippen LogP contribution in [-0.4, -0.2) is 26.4 Å². The molecule has 0 spiro atoms. The van der Waals surface area contributed by atoms with Crippen LogP contribution in [0, 0.1) is 0 Å². The van der Waals surface area contributed by atoms with Crippen molar-refractivity contribution in [3.05, 3.63) is 71.0 Å². The quantitative estimate of drug-likeness (QED) is 0.603. The molecule has 1 aliphatic rings. The van der Waals surface area contributed by atoms with Gasteiger partial charge in [-0.1, -0.05) is 24.3 Å². The van der Waals surface area contributed by atoms with Crippen molar-refractivity contribution in [3.8, 4) is 10.7 Å². The minimum Gasteiger partial charge on any atom is -0.357 e. The van der Waals surface area contributed by atoms with Crippen molar-refractivity contribution in [1.82, 2.24) is 19.9 Å². The molecule has 4 aromatic rings. The summed E-state index contributed by atoms with van der Waals surface area (Å²) in [6.45, 7) is 2.85. The molecule has 1 aromatic carbocycles. The van der Waals surface area contributed by atoms with E-state index in [0.29, 0.717) is 0 Å². The van der Waals surface area contributed by atoms with Crippen LogP contribution in [0.4, 0.5) is 0 Å². The molecule has 0 radical (unpaired) electrons. The molecule has 0 bridgehead atoms. The summed E-state index contributed by atoms with van der Waals surface area (Å²) < 4.78 is 0. The van der Waals surface area contributed by atoms with Gasteiger partial charge < -0.3 is 4.98 Å². The zero-order valence-electron chi connectivity index (χ0n) is 13.8. The van der Waals surface area contributed by atoms with Gasteiger partial charge in [0.05, 0.1) is 10.6 Å². The third-order valence-electron chi connectivity index (χ3n) is 4.75. The summed E-state index contributed by atoms with van der Waals surface area (Å²) in [6.07, 6.45) is 3.03. The van der Waals surface area contributed by atoms with E-state index in [4.69, 9.17) is 4.98 Å². The third-order valence-corrected chi connectivity index (χ3v) is 5.61. The fraction of sp³-hybridized carbons (Fsp3) is 0.200. The molecule has 124 valence electrons. The van der Waals surface area contributed by atoms with Gasteiger partial charge >= 0.3 is 0 Å². The van der Waals surface area contributed by atoms with Gasteiger partial charge in [-0.15, -0.1) is 11.3 Å². The molecule has 4 heterocycles. The van der Waals surface area contributed by atoms with Gasteiger partial charge in [-0.2, -0.15) is 0 Å². The largest absolute Gasteiger partial charge is 0.357 e. The van der Waals surface area contributed by atoms with E-state index in [1.54, 1.807) is 11.3 Å². The first-order valence-electron chi connectivity index (χ1n) is 8.53. The lowest BCUT2D eigenvalue weighted by atomic mass is 10.1. The lowest BCUT2D eigenvalue weighted by Gasteiger charge is -2.27. The van der Waals surface area contributed by atoms with E-state index < -0.39 is 0 Å². The average Bonchev–Trinajstić information content (AvgIpc) is 3.30. The van der Waals surface area contributed by atoms with Crippen molar-refractivity contribution >= 4 is 22.2 Å². The van der Waals surface area contributed by atoms with Crippen molar-refractivity contribution in [2.24, 2.45) is 0 Å². The molecule has 0 amide bonds. The fourth-order valence-electron chi connectivity index (χ4n) is 3.48. The van der Waals surface area contributed by atoms with E-state index in [1.165, 1.54) is 27.9 Å². The maximum absolute atomic E-state index is 4.84. The summed E-state index contributed by atoms with van der Waals surface area (Å²) >= 11 is 1.69. The maximum atomic E-state index is 4.84. The number of H-pyrrole nitrogens is 1. The standard InChI is InChI=1S/C20H18N4S/c1-2-5-17-14(4-1)10-16(22-17)12-24-8-7-15-11-21-20(23-18(15)13-24)19-6-3-9-25-19/h1-6,9-11,22H,7-8,12-13H2. The van der Waals surface area contributed by atoms with Crippen molar-refractivity contribution < 1.29 is 0 Å². The van der Waals surface area contributed by atoms with Crippen molar-refractivity contribution in [3.63, 3.8) is 0 Å². The highest BCUT2D eigenvalue weighted by atomic mass is 32.1. The Morgan fingerprint density at radius 1 is 1.16 bits per heavy atom. The summed E-state index contributed by atoms with van der Waals surface area (Å²) in [6, 6.07) is 14.8. The molecule has 1 aliphatic heterocycles. The van der Waals surface area contributed by atoms with Crippen molar-refractivity contribution in [2.75, 3.05) is 6.54 Å². The topological polar surface area (TPSA) is 44.8 Å². The Bertz CT molecular complexity index is 986. The molecule has 0 aliphatic carbocycles. The number of nitrogens with zero attached hydrogens (tertiary/aromatic N) is 3. The van der Waals surface area contributed by atoms with Crippen LogP contribution >= 0.6 is 11.3 Å². The Labute approximate surface area is 150 Å². The summed E-state index contributed by atoms with van der Waals surface area (Å²) in [5.41, 5.74) is 4.92. The highest BCUT2D eigenvalue weighted by Crippen LogP contribution is 2.25. The summed E-state index contributed by atoms with van der Waals surface area (Å²) in [7, 11) is 0. The molecule has 3 aromatic heterocycles. The number of nitrogens with one attached hydrogen (secondary N) is 1. The predicted octanol–water partition coefficient (Wildman–Crippen LogP) is 4.24. The zero-order chi connectivity index (χ0) is 16.6. The molecule has 4 nitrogen and oxygen atoms in total. The summed E-state index contributed by atoms with van der Waals surface area (Å²) in [5, 5.41) is 3.34. The van der Waals surface area contributed by atoms with Crippen LogP contribution in [0.15, 0.2) is 54.0 Å². The molecule has 5 rings (SSSR count). The molecule has 0 unspecified atom stereocenters. The third kappa shape index (κ3) is 2.86. The minimum atomic E-state index is 0.848. The molecule has 0 fully saturated rings. The Morgan fingerprint density at radius 2 is 2.12 bits per heavy atom. The van der Waals surface area contributed by atoms with Gasteiger partial charge in [0.25, 0.3) is 0 Å². The van der Waals surface area contributed by atoms with E-state index in [1.807, 2.05) is 12.3 Å². The van der Waals surface area contributed by atoms with Crippen LogP contribution in [-0.2, 0) is 19.5 Å². The van der Waals surface area contributed by atoms with E-state index >= 15 is 0 Å². The lowest BCUT2D eigenvalue weighted by molar-refractivity contribution is 0.239. The number of hydrogen-bond donors (Lipinski definition) is 1. The normalized spacial score (nSPS) is 14.7. The van der Waals surface area contributed by atoms with E-state index in [-0.39, 0.29) is 0 Å². The average molecular weight is 346 g/mol. The second kappa shape index (κ2) is 6.10. The highest BCUT2D eigenvalue weighted by molar-refractivity contribution is 7.13. The van der Waals surface area contributed by atoms with Gasteiger partial charge in [0.2, 0.25) is 0 Å². The van der Waals surface area contributed by atoms with Crippen LogP contribution in [0.25, 0.3) is 21.6 Å². The number of para-hydroxylation sites is 1. The van der Waals surface area contributed by atoms with E-state index in [9.17, 15) is 0 Å². The molecular formula is C20H18N4S. The van der Waals surface area contributed by atoms with Crippen LogP contribution in [0.3, 0.4) is 0 Å². The zero-order valence-corrected chi connectivity index (χ0v) is 14.6. The predicted molar refractivity (Wildman–Crippen MR) is 101 cm³/mol. The molecule has 0 saturated heterocycles. The molecule has 25 heavy (non-hydrogen) atoms. The smallest absolute Gasteiger partial charge is 0.169 e. The molecule has 0 atom stereocenters. The first-order chi connectivity index (χ1) is 12.3. The monoisotopic (exact) mass is 346 g/mol. The van der Waals surface area contributed by atoms with Gasteiger partial charge in [-0.3, -0.25) is 4.90 Å². The van der Waals surface area contributed by atoms with Gasteiger partial charge in [0.15, 0.2) is 5.82 Å². The van der Waals surface area contributed by atoms with Gasteiger partial charge in [0.1, 0.15) is 0 Å². The number of thiophene rings is 1. The first-order valence-corrected chi connectivity index (χ1v) is 9.41. The van der Waals surface area contributed by atoms with Crippen LogP contribution in [0.5, 0.6) is 0 Å². The Kier molecular flexibility index (Phi) is 3.61. The lowest BCUT2D eigenvalue weighted by Crippen LogP contribution is -2.31. The van der Waals surface area contributed by atoms with Gasteiger partial charge in [0, 0.05) is 37.0 Å². The van der Waals surface area contributed by atoms with Crippen LogP contribution in [0.2, 0.25) is 0 Å². The maximum Gasteiger partial charge on any atom is 0.169 e. The molecular weight excluding hydrogens is 328 g/mol. The van der Waals surface area contributed by atoms with Gasteiger partial charge in [-0.25, -0.2) is 9.97 Å². The second-order valence-electron chi connectivity index (χ2n) is 6.49. The van der Waals surface area contributed by atoms with Crippen molar-refractivity contribution in [2.45, 2.75) is 19.5 Å². The van der Waals surface area contributed by atoms with Crippen LogP contribution < -0.4 is 0 Å². The van der Waals surface area contributed by atoms with Gasteiger partial charge in [-0.05, 0) is 40.9 Å². The molecule has 0 saturated carbocycles. The van der Waals surface area contributed by atoms with E-state index in [2.05, 4.69) is 56.6 Å². The molecule has 5 heteroatoms. The van der Waals surface area contributed by atoms with Crippen LogP contribution in [0.1, 0.15) is 17.0 Å². The second-order valence-corrected chi connectivity index (χ2v) is 7.43. The SMILES string of the molecule is c1csc(-c2ncc3c(n2)CN(Cc2cc4ccccc4[nH]2)CC3)c1. The summed E-state index contributed by atoms with van der Waals surface area (Å²) in [5.74, 6) is 0.848. The number of aromatic nitrogens is 3.